The highest BCUT2D eigenvalue weighted by Crippen LogP contribution is 2.02. The molecule has 1 rings (SSSR count). The summed E-state index contributed by atoms with van der Waals surface area (Å²) in [4.78, 5) is 0. The Kier molecular flexibility index (Phi) is 2.65. The number of aryl methyl sites for hydroxylation is 1. The van der Waals surface area contributed by atoms with E-state index in [1.807, 2.05) is 13.0 Å². The second-order valence-electron chi connectivity index (χ2n) is 2.38. The second-order valence-corrected chi connectivity index (χ2v) is 3.36. The highest BCUT2D eigenvalue weighted by molar-refractivity contribution is 7.71. The first-order valence-electron chi connectivity index (χ1n) is 3.27. The summed E-state index contributed by atoms with van der Waals surface area (Å²) in [6.45, 7) is 1.94. The highest BCUT2D eigenvalue weighted by atomic mass is 32.2. The molecular formula is C8H9O2S. The number of rotatable bonds is 2. The number of hydrogen-bond acceptors (Lipinski definition) is 2. The van der Waals surface area contributed by atoms with Crippen LogP contribution in [0.5, 0.6) is 0 Å². The molecule has 0 spiro atoms. The minimum absolute atomic E-state index is 0.0929. The normalized spacial score (nSPS) is 10.4. The molecule has 0 aliphatic carbocycles. The van der Waals surface area contributed by atoms with Gasteiger partial charge in [-0.2, -0.15) is 0 Å². The molecular weight excluding hydrogens is 160 g/mol. The Hall–Kier alpha value is -0.830. The Morgan fingerprint density at radius 1 is 1.45 bits per heavy atom. The molecule has 0 aliphatic rings. The first kappa shape index (κ1) is 8.27. The van der Waals surface area contributed by atoms with E-state index in [1.165, 1.54) is 0 Å². The van der Waals surface area contributed by atoms with Gasteiger partial charge >= 0.3 is 0 Å². The monoisotopic (exact) mass is 169 g/mol. The minimum Gasteiger partial charge on any atom is -0.232 e. The molecule has 0 N–H and O–H groups in total. The molecule has 1 radical (unpaired) electrons. The molecule has 0 aromatic heterocycles. The van der Waals surface area contributed by atoms with Crippen molar-refractivity contribution in [2.24, 2.45) is 0 Å². The molecule has 1 aromatic rings. The Bertz CT molecular complexity index is 290. The van der Waals surface area contributed by atoms with Gasteiger partial charge in [-0.25, -0.2) is 8.42 Å². The van der Waals surface area contributed by atoms with Crippen LogP contribution in [0.3, 0.4) is 0 Å². The molecule has 0 heterocycles. The van der Waals surface area contributed by atoms with Gasteiger partial charge in [-0.05, 0) is 18.6 Å². The Labute approximate surface area is 67.8 Å². The molecule has 11 heavy (non-hydrogen) atoms. The van der Waals surface area contributed by atoms with Gasteiger partial charge in [-0.15, -0.1) is 0 Å². The molecule has 0 unspecified atom stereocenters. The van der Waals surface area contributed by atoms with Crippen LogP contribution >= 0.6 is 0 Å². The van der Waals surface area contributed by atoms with Crippen LogP contribution in [0.15, 0.2) is 18.2 Å². The molecule has 0 fully saturated rings. The standard InChI is InChI=1S/C8H9O2S/c1-7-2-4-8(5-3-7)6-11(9)10/h2-4,11H,6H2,1H3. The average Bonchev–Trinajstić information content (AvgIpc) is 1.93. The maximum atomic E-state index is 10.3. The lowest BCUT2D eigenvalue weighted by Crippen LogP contribution is -1.86. The maximum absolute atomic E-state index is 10.3. The van der Waals surface area contributed by atoms with Gasteiger partial charge in [0.15, 0.2) is 0 Å². The summed E-state index contributed by atoms with van der Waals surface area (Å²) < 4.78 is 20.5. The zero-order valence-corrected chi connectivity index (χ0v) is 7.10. The van der Waals surface area contributed by atoms with Crippen molar-refractivity contribution >= 4 is 10.7 Å². The summed E-state index contributed by atoms with van der Waals surface area (Å²) in [6, 6.07) is 8.33. The molecule has 0 amide bonds. The fraction of sp³-hybridized carbons (Fsp3) is 0.250. The Morgan fingerprint density at radius 3 is 2.64 bits per heavy atom. The average molecular weight is 169 g/mol. The molecule has 0 saturated carbocycles. The van der Waals surface area contributed by atoms with Gasteiger partial charge in [-0.3, -0.25) is 0 Å². The van der Waals surface area contributed by atoms with Crippen molar-refractivity contribution in [2.75, 3.05) is 0 Å². The number of hydrogen-bond donors (Lipinski definition) is 1. The van der Waals surface area contributed by atoms with Gasteiger partial charge in [0, 0.05) is 0 Å². The Morgan fingerprint density at radius 2 is 2.18 bits per heavy atom. The van der Waals surface area contributed by atoms with Crippen LogP contribution < -0.4 is 0 Å². The highest BCUT2D eigenvalue weighted by Gasteiger charge is 1.92. The third-order valence-electron chi connectivity index (χ3n) is 1.33. The minimum atomic E-state index is -2.32. The van der Waals surface area contributed by atoms with E-state index < -0.39 is 10.7 Å². The molecule has 2 nitrogen and oxygen atoms in total. The predicted octanol–water partition coefficient (Wildman–Crippen LogP) is 0.907. The van der Waals surface area contributed by atoms with E-state index in [1.54, 1.807) is 12.1 Å². The number of benzene rings is 1. The van der Waals surface area contributed by atoms with E-state index in [9.17, 15) is 8.42 Å². The van der Waals surface area contributed by atoms with Gasteiger partial charge < -0.3 is 0 Å². The summed E-state index contributed by atoms with van der Waals surface area (Å²) in [6.07, 6.45) is 0. The third-order valence-corrected chi connectivity index (χ3v) is 1.93. The summed E-state index contributed by atoms with van der Waals surface area (Å²) in [5.74, 6) is 0.0929. The summed E-state index contributed by atoms with van der Waals surface area (Å²) in [7, 11) is -2.32. The van der Waals surface area contributed by atoms with E-state index in [4.69, 9.17) is 0 Å². The van der Waals surface area contributed by atoms with Crippen molar-refractivity contribution in [1.82, 2.24) is 0 Å². The maximum Gasteiger partial charge on any atom is 0.144 e. The van der Waals surface area contributed by atoms with E-state index >= 15 is 0 Å². The molecule has 59 valence electrons. The second kappa shape index (κ2) is 3.53. The predicted molar refractivity (Wildman–Crippen MR) is 44.0 cm³/mol. The Balaban J connectivity index is 2.82. The van der Waals surface area contributed by atoms with Gasteiger partial charge in [0.25, 0.3) is 0 Å². The van der Waals surface area contributed by atoms with E-state index in [0.717, 1.165) is 11.1 Å². The van der Waals surface area contributed by atoms with Crippen LogP contribution in [0.2, 0.25) is 0 Å². The molecule has 0 aliphatic heterocycles. The van der Waals surface area contributed by atoms with Crippen molar-refractivity contribution in [3.63, 3.8) is 0 Å². The van der Waals surface area contributed by atoms with E-state index in [0.29, 0.717) is 0 Å². The lowest BCUT2D eigenvalue weighted by Gasteiger charge is -1.93. The van der Waals surface area contributed by atoms with Crippen LogP contribution in [0.25, 0.3) is 0 Å². The third kappa shape index (κ3) is 2.72. The smallest absolute Gasteiger partial charge is 0.144 e. The lowest BCUT2D eigenvalue weighted by atomic mass is 10.2. The lowest BCUT2D eigenvalue weighted by molar-refractivity contribution is 0.614. The van der Waals surface area contributed by atoms with Gasteiger partial charge in [0.05, 0.1) is 5.75 Å². The first-order valence-corrected chi connectivity index (χ1v) is 4.64. The van der Waals surface area contributed by atoms with Crippen LogP contribution in [-0.2, 0) is 16.5 Å². The fourth-order valence-electron chi connectivity index (χ4n) is 0.772. The molecule has 0 saturated heterocycles. The quantitative estimate of drug-likeness (QED) is 0.668. The van der Waals surface area contributed by atoms with Gasteiger partial charge in [-0.1, -0.05) is 23.8 Å². The molecule has 0 atom stereocenters. The van der Waals surface area contributed by atoms with E-state index in [-0.39, 0.29) is 5.75 Å². The first-order chi connectivity index (χ1) is 5.18. The van der Waals surface area contributed by atoms with Gasteiger partial charge in [0.1, 0.15) is 10.7 Å². The zero-order valence-electron chi connectivity index (χ0n) is 6.20. The zero-order chi connectivity index (χ0) is 8.27. The SMILES string of the molecule is Cc1c[c]c(C[SH](=O)=O)cc1. The summed E-state index contributed by atoms with van der Waals surface area (Å²) >= 11 is 0. The van der Waals surface area contributed by atoms with Crippen molar-refractivity contribution in [3.8, 4) is 0 Å². The number of thiol groups is 1. The van der Waals surface area contributed by atoms with Crippen LogP contribution in [-0.4, -0.2) is 8.42 Å². The molecule has 1 aromatic carbocycles. The largest absolute Gasteiger partial charge is 0.232 e. The van der Waals surface area contributed by atoms with Crippen molar-refractivity contribution in [2.45, 2.75) is 12.7 Å². The van der Waals surface area contributed by atoms with Crippen molar-refractivity contribution in [1.29, 1.82) is 0 Å². The van der Waals surface area contributed by atoms with Crippen LogP contribution in [0.1, 0.15) is 11.1 Å². The van der Waals surface area contributed by atoms with Crippen LogP contribution in [0, 0.1) is 13.0 Å². The van der Waals surface area contributed by atoms with Gasteiger partial charge in [0.2, 0.25) is 0 Å². The molecule has 3 heteroatoms. The fourth-order valence-corrected chi connectivity index (χ4v) is 1.25. The van der Waals surface area contributed by atoms with Crippen molar-refractivity contribution < 1.29 is 8.42 Å². The van der Waals surface area contributed by atoms with Crippen LogP contribution in [0.4, 0.5) is 0 Å². The summed E-state index contributed by atoms with van der Waals surface area (Å²) in [5, 5.41) is 0. The van der Waals surface area contributed by atoms with Crippen molar-refractivity contribution in [3.05, 3.63) is 35.4 Å². The molecule has 0 bridgehead atoms. The topological polar surface area (TPSA) is 34.1 Å². The summed E-state index contributed by atoms with van der Waals surface area (Å²) in [5.41, 5.74) is 1.82. The van der Waals surface area contributed by atoms with E-state index in [2.05, 4.69) is 6.07 Å².